The smallest absolute Gasteiger partial charge is 0.120 e. The lowest BCUT2D eigenvalue weighted by Gasteiger charge is -2.09. The molecular weight excluding hydrogens is 150 g/mol. The number of aldehydes is 1. The van der Waals surface area contributed by atoms with Crippen molar-refractivity contribution in [3.05, 3.63) is 12.2 Å². The summed E-state index contributed by atoms with van der Waals surface area (Å²) in [5.41, 5.74) is 7.01. The van der Waals surface area contributed by atoms with E-state index in [9.17, 15) is 4.79 Å². The molecule has 0 saturated heterocycles. The van der Waals surface area contributed by atoms with E-state index in [1.54, 1.807) is 0 Å². The zero-order valence-electron chi connectivity index (χ0n) is 7.88. The molecule has 0 aromatic heterocycles. The quantitative estimate of drug-likeness (QED) is 0.468. The van der Waals surface area contributed by atoms with Crippen molar-refractivity contribution < 1.29 is 4.79 Å². The van der Waals surface area contributed by atoms with Crippen LogP contribution in [0.4, 0.5) is 0 Å². The second-order valence-electron chi connectivity index (χ2n) is 3.15. The summed E-state index contributed by atoms with van der Waals surface area (Å²) in [6.07, 6.45) is 5.30. The average Bonchev–Trinajstić information content (AvgIpc) is 2.10. The molecule has 70 valence electrons. The minimum Gasteiger partial charge on any atom is -0.328 e. The van der Waals surface area contributed by atoms with Gasteiger partial charge in [-0.1, -0.05) is 19.1 Å². The SMILES string of the molecule is C=C(CC)CCC(N)CCC=O. The van der Waals surface area contributed by atoms with E-state index >= 15 is 0 Å². The van der Waals surface area contributed by atoms with Gasteiger partial charge in [0.1, 0.15) is 6.29 Å². The van der Waals surface area contributed by atoms with Crippen LogP contribution in [0.25, 0.3) is 0 Å². The van der Waals surface area contributed by atoms with E-state index in [0.717, 1.165) is 32.0 Å². The fourth-order valence-corrected chi connectivity index (χ4v) is 0.993. The Bertz CT molecular complexity index is 143. The third-order valence-electron chi connectivity index (χ3n) is 2.02. The predicted octanol–water partition coefficient (Wildman–Crippen LogP) is 2.04. The van der Waals surface area contributed by atoms with Gasteiger partial charge in [-0.3, -0.25) is 0 Å². The van der Waals surface area contributed by atoms with Crippen molar-refractivity contribution in [1.82, 2.24) is 0 Å². The fraction of sp³-hybridized carbons (Fsp3) is 0.700. The van der Waals surface area contributed by atoms with Crippen LogP contribution in [0, 0.1) is 0 Å². The molecule has 0 aliphatic heterocycles. The number of nitrogens with two attached hydrogens (primary N) is 1. The van der Waals surface area contributed by atoms with Crippen LogP contribution in [0.5, 0.6) is 0 Å². The molecule has 0 aromatic rings. The summed E-state index contributed by atoms with van der Waals surface area (Å²) < 4.78 is 0. The van der Waals surface area contributed by atoms with Gasteiger partial charge < -0.3 is 10.5 Å². The summed E-state index contributed by atoms with van der Waals surface area (Å²) in [4.78, 5) is 10.0. The summed E-state index contributed by atoms with van der Waals surface area (Å²) in [5, 5.41) is 0. The summed E-state index contributed by atoms with van der Waals surface area (Å²) >= 11 is 0. The van der Waals surface area contributed by atoms with E-state index < -0.39 is 0 Å². The minimum absolute atomic E-state index is 0.165. The van der Waals surface area contributed by atoms with Gasteiger partial charge in [0, 0.05) is 12.5 Å². The maximum atomic E-state index is 10.0. The Morgan fingerprint density at radius 3 is 2.75 bits per heavy atom. The van der Waals surface area contributed by atoms with E-state index in [1.165, 1.54) is 5.57 Å². The molecule has 0 radical (unpaired) electrons. The number of hydrogen-bond donors (Lipinski definition) is 1. The first kappa shape index (κ1) is 11.4. The molecule has 0 aromatic carbocycles. The molecule has 0 rings (SSSR count). The van der Waals surface area contributed by atoms with Gasteiger partial charge in [-0.15, -0.1) is 0 Å². The van der Waals surface area contributed by atoms with Crippen molar-refractivity contribution in [1.29, 1.82) is 0 Å². The number of hydrogen-bond acceptors (Lipinski definition) is 2. The number of carbonyl (C=O) groups is 1. The zero-order chi connectivity index (χ0) is 9.40. The first-order valence-corrected chi connectivity index (χ1v) is 4.56. The molecule has 0 aliphatic carbocycles. The topological polar surface area (TPSA) is 43.1 Å². The van der Waals surface area contributed by atoms with Crippen LogP contribution < -0.4 is 5.73 Å². The highest BCUT2D eigenvalue weighted by Crippen LogP contribution is 2.09. The predicted molar refractivity (Wildman–Crippen MR) is 51.9 cm³/mol. The molecule has 1 unspecified atom stereocenters. The summed E-state index contributed by atoms with van der Waals surface area (Å²) in [7, 11) is 0. The van der Waals surface area contributed by atoms with Crippen LogP contribution in [-0.2, 0) is 4.79 Å². The van der Waals surface area contributed by atoms with Crippen LogP contribution >= 0.6 is 0 Å². The molecule has 2 nitrogen and oxygen atoms in total. The van der Waals surface area contributed by atoms with Gasteiger partial charge in [0.15, 0.2) is 0 Å². The van der Waals surface area contributed by atoms with Gasteiger partial charge in [-0.25, -0.2) is 0 Å². The van der Waals surface area contributed by atoms with Crippen molar-refractivity contribution in [2.24, 2.45) is 5.73 Å². The molecule has 0 heterocycles. The maximum Gasteiger partial charge on any atom is 0.120 e. The van der Waals surface area contributed by atoms with Crippen molar-refractivity contribution in [3.63, 3.8) is 0 Å². The molecule has 1 atom stereocenters. The van der Waals surface area contributed by atoms with Gasteiger partial charge >= 0.3 is 0 Å². The normalized spacial score (nSPS) is 12.5. The largest absolute Gasteiger partial charge is 0.328 e. The third-order valence-corrected chi connectivity index (χ3v) is 2.02. The number of rotatable bonds is 7. The van der Waals surface area contributed by atoms with E-state index in [1.807, 2.05) is 0 Å². The lowest BCUT2D eigenvalue weighted by Crippen LogP contribution is -2.19. The molecule has 0 fully saturated rings. The monoisotopic (exact) mass is 169 g/mol. The van der Waals surface area contributed by atoms with Crippen LogP contribution in [0.2, 0.25) is 0 Å². The van der Waals surface area contributed by atoms with Crippen LogP contribution in [0.15, 0.2) is 12.2 Å². The Morgan fingerprint density at radius 1 is 1.58 bits per heavy atom. The van der Waals surface area contributed by atoms with Gasteiger partial charge in [0.05, 0.1) is 0 Å². The summed E-state index contributed by atoms with van der Waals surface area (Å²) in [6, 6.07) is 0.165. The van der Waals surface area contributed by atoms with Crippen LogP contribution in [0.1, 0.15) is 39.0 Å². The first-order valence-electron chi connectivity index (χ1n) is 4.56. The van der Waals surface area contributed by atoms with Gasteiger partial charge in [0.25, 0.3) is 0 Å². The van der Waals surface area contributed by atoms with Crippen LogP contribution in [-0.4, -0.2) is 12.3 Å². The molecule has 0 aliphatic rings. The molecule has 2 N–H and O–H groups in total. The highest BCUT2D eigenvalue weighted by molar-refractivity contribution is 5.49. The molecule has 0 bridgehead atoms. The second kappa shape index (κ2) is 7.04. The fourth-order valence-electron chi connectivity index (χ4n) is 0.993. The van der Waals surface area contributed by atoms with Gasteiger partial charge in [0.2, 0.25) is 0 Å². The Kier molecular flexibility index (Phi) is 6.67. The van der Waals surface area contributed by atoms with Crippen molar-refractivity contribution in [2.75, 3.05) is 0 Å². The van der Waals surface area contributed by atoms with Gasteiger partial charge in [-0.05, 0) is 25.7 Å². The molecule has 0 saturated carbocycles. The Labute approximate surface area is 74.8 Å². The lowest BCUT2D eigenvalue weighted by molar-refractivity contribution is -0.108. The maximum absolute atomic E-state index is 10.0. The average molecular weight is 169 g/mol. The highest BCUT2D eigenvalue weighted by atomic mass is 16.1. The molecule has 12 heavy (non-hydrogen) atoms. The zero-order valence-corrected chi connectivity index (χ0v) is 7.88. The molecular formula is C10H19NO. The number of carbonyl (C=O) groups excluding carboxylic acids is 1. The number of allylic oxidation sites excluding steroid dienone is 1. The summed E-state index contributed by atoms with van der Waals surface area (Å²) in [5.74, 6) is 0. The Hall–Kier alpha value is -0.630. The van der Waals surface area contributed by atoms with Crippen molar-refractivity contribution in [3.8, 4) is 0 Å². The Balaban J connectivity index is 3.36. The van der Waals surface area contributed by atoms with Crippen LogP contribution in [0.3, 0.4) is 0 Å². The summed E-state index contributed by atoms with van der Waals surface area (Å²) in [6.45, 7) is 6.00. The first-order chi connectivity index (χ1) is 5.70. The van der Waals surface area contributed by atoms with E-state index in [-0.39, 0.29) is 6.04 Å². The second-order valence-corrected chi connectivity index (χ2v) is 3.15. The molecule has 0 amide bonds. The Morgan fingerprint density at radius 2 is 2.25 bits per heavy atom. The highest BCUT2D eigenvalue weighted by Gasteiger charge is 2.01. The third kappa shape index (κ3) is 6.10. The molecule has 0 spiro atoms. The standard InChI is InChI=1S/C10H19NO/c1-3-9(2)6-7-10(11)5-4-8-12/h8,10H,2-7,11H2,1H3. The molecule has 2 heteroatoms. The van der Waals surface area contributed by atoms with E-state index in [0.29, 0.717) is 6.42 Å². The van der Waals surface area contributed by atoms with Crippen molar-refractivity contribution >= 4 is 6.29 Å². The van der Waals surface area contributed by atoms with E-state index in [4.69, 9.17) is 5.73 Å². The minimum atomic E-state index is 0.165. The van der Waals surface area contributed by atoms with E-state index in [2.05, 4.69) is 13.5 Å². The van der Waals surface area contributed by atoms with Gasteiger partial charge in [-0.2, -0.15) is 0 Å². The lowest BCUT2D eigenvalue weighted by atomic mass is 10.0. The van der Waals surface area contributed by atoms with Crippen molar-refractivity contribution in [2.45, 2.75) is 45.1 Å².